The quantitative estimate of drug-likeness (QED) is 0.791. The number of carbonyl (C=O) groups is 1. The van der Waals surface area contributed by atoms with Crippen LogP contribution in [-0.4, -0.2) is 30.1 Å². The van der Waals surface area contributed by atoms with E-state index in [1.54, 1.807) is 32.9 Å². The second-order valence-corrected chi connectivity index (χ2v) is 4.77. The van der Waals surface area contributed by atoms with E-state index in [1.807, 2.05) is 24.1 Å². The molecule has 0 aliphatic carbocycles. The molecule has 0 fully saturated rings. The highest BCUT2D eigenvalue weighted by molar-refractivity contribution is 5.94. The highest BCUT2D eigenvalue weighted by atomic mass is 16.3. The Morgan fingerprint density at radius 2 is 1.81 bits per heavy atom. The number of ketones is 1. The summed E-state index contributed by atoms with van der Waals surface area (Å²) in [6, 6.07) is 7.39. The Bertz CT molecular complexity index is 363. The highest BCUT2D eigenvalue weighted by Crippen LogP contribution is 2.16. The van der Waals surface area contributed by atoms with Gasteiger partial charge in [-0.25, -0.2) is 0 Å². The maximum absolute atomic E-state index is 11.1. The molecule has 0 aliphatic heterocycles. The first kappa shape index (κ1) is 12.7. The standard InChI is InChI=1S/C13H19NO2/c1-10(15)11-5-7-12(8-6-11)14(4)9-13(2,3)16/h5-8,16H,9H2,1-4H3. The summed E-state index contributed by atoms with van der Waals surface area (Å²) >= 11 is 0. The molecule has 0 aromatic heterocycles. The molecule has 0 saturated carbocycles. The third-order valence-corrected chi connectivity index (χ3v) is 2.34. The number of Topliss-reactive ketones (excluding diaryl/α,β-unsaturated/α-hetero) is 1. The van der Waals surface area contributed by atoms with E-state index in [0.717, 1.165) is 5.69 Å². The van der Waals surface area contributed by atoms with Crippen LogP contribution < -0.4 is 4.90 Å². The Morgan fingerprint density at radius 3 is 2.19 bits per heavy atom. The monoisotopic (exact) mass is 221 g/mol. The minimum absolute atomic E-state index is 0.0664. The second-order valence-electron chi connectivity index (χ2n) is 4.77. The van der Waals surface area contributed by atoms with Crippen molar-refractivity contribution in [3.8, 4) is 0 Å². The largest absolute Gasteiger partial charge is 0.389 e. The van der Waals surface area contributed by atoms with Gasteiger partial charge in [-0.15, -0.1) is 0 Å². The summed E-state index contributed by atoms with van der Waals surface area (Å²) in [5, 5.41) is 9.70. The topological polar surface area (TPSA) is 40.5 Å². The van der Waals surface area contributed by atoms with E-state index >= 15 is 0 Å². The molecule has 1 aromatic rings. The van der Waals surface area contributed by atoms with E-state index < -0.39 is 5.60 Å². The number of rotatable bonds is 4. The molecule has 0 unspecified atom stereocenters. The van der Waals surface area contributed by atoms with Gasteiger partial charge in [-0.2, -0.15) is 0 Å². The van der Waals surface area contributed by atoms with Crippen molar-refractivity contribution in [3.05, 3.63) is 29.8 Å². The maximum atomic E-state index is 11.1. The fourth-order valence-electron chi connectivity index (χ4n) is 1.62. The van der Waals surface area contributed by atoms with Gasteiger partial charge in [-0.05, 0) is 45.0 Å². The van der Waals surface area contributed by atoms with E-state index in [0.29, 0.717) is 12.1 Å². The van der Waals surface area contributed by atoms with Gasteiger partial charge in [0, 0.05) is 24.8 Å². The number of aliphatic hydroxyl groups is 1. The van der Waals surface area contributed by atoms with Crippen LogP contribution in [0.2, 0.25) is 0 Å². The lowest BCUT2D eigenvalue weighted by Gasteiger charge is -2.27. The van der Waals surface area contributed by atoms with Gasteiger partial charge in [0.1, 0.15) is 0 Å². The fraction of sp³-hybridized carbons (Fsp3) is 0.462. The zero-order chi connectivity index (χ0) is 12.3. The molecule has 0 heterocycles. The summed E-state index contributed by atoms with van der Waals surface area (Å²) in [5.74, 6) is 0.0664. The van der Waals surface area contributed by atoms with Crippen LogP contribution in [0, 0.1) is 0 Å². The Labute approximate surface area is 96.7 Å². The van der Waals surface area contributed by atoms with E-state index in [4.69, 9.17) is 0 Å². The molecule has 88 valence electrons. The number of nitrogens with zero attached hydrogens (tertiary/aromatic N) is 1. The molecule has 16 heavy (non-hydrogen) atoms. The van der Waals surface area contributed by atoms with Gasteiger partial charge in [0.05, 0.1) is 5.60 Å². The number of hydrogen-bond donors (Lipinski definition) is 1. The number of benzene rings is 1. The van der Waals surface area contributed by atoms with Crippen molar-refractivity contribution in [2.24, 2.45) is 0 Å². The predicted molar refractivity (Wildman–Crippen MR) is 66.0 cm³/mol. The summed E-state index contributed by atoms with van der Waals surface area (Å²) in [4.78, 5) is 13.1. The number of likely N-dealkylation sites (N-methyl/N-ethyl adjacent to an activating group) is 1. The SMILES string of the molecule is CC(=O)c1ccc(N(C)CC(C)(C)O)cc1. The molecule has 0 saturated heterocycles. The number of carbonyl (C=O) groups excluding carboxylic acids is 1. The third-order valence-electron chi connectivity index (χ3n) is 2.34. The van der Waals surface area contributed by atoms with Crippen molar-refractivity contribution in [3.63, 3.8) is 0 Å². The van der Waals surface area contributed by atoms with Gasteiger partial charge in [0.15, 0.2) is 5.78 Å². The maximum Gasteiger partial charge on any atom is 0.159 e. The normalized spacial score (nSPS) is 11.3. The molecule has 3 heteroatoms. The van der Waals surface area contributed by atoms with Crippen molar-refractivity contribution >= 4 is 11.5 Å². The van der Waals surface area contributed by atoms with Gasteiger partial charge in [0.25, 0.3) is 0 Å². The smallest absolute Gasteiger partial charge is 0.159 e. The highest BCUT2D eigenvalue weighted by Gasteiger charge is 2.15. The summed E-state index contributed by atoms with van der Waals surface area (Å²) in [6.07, 6.45) is 0. The molecule has 3 nitrogen and oxygen atoms in total. The first-order chi connectivity index (χ1) is 7.29. The average Bonchev–Trinajstić information content (AvgIpc) is 2.15. The molecule has 0 aliphatic rings. The molecule has 1 aromatic carbocycles. The van der Waals surface area contributed by atoms with Crippen LogP contribution in [-0.2, 0) is 0 Å². The number of anilines is 1. The first-order valence-electron chi connectivity index (χ1n) is 5.34. The van der Waals surface area contributed by atoms with Crippen LogP contribution >= 0.6 is 0 Å². The van der Waals surface area contributed by atoms with Gasteiger partial charge in [-0.3, -0.25) is 4.79 Å². The molecule has 0 bridgehead atoms. The summed E-state index contributed by atoms with van der Waals surface area (Å²) in [5.41, 5.74) is 0.973. The lowest BCUT2D eigenvalue weighted by molar-refractivity contribution is 0.0885. The van der Waals surface area contributed by atoms with Gasteiger partial charge in [0.2, 0.25) is 0 Å². The molecular weight excluding hydrogens is 202 g/mol. The lowest BCUT2D eigenvalue weighted by atomic mass is 10.1. The Morgan fingerprint density at radius 1 is 1.31 bits per heavy atom. The van der Waals surface area contributed by atoms with Gasteiger partial charge < -0.3 is 10.0 Å². The predicted octanol–water partition coefficient (Wildman–Crippen LogP) is 2.10. The molecule has 1 rings (SSSR count). The Hall–Kier alpha value is -1.35. The van der Waals surface area contributed by atoms with E-state index in [1.165, 1.54) is 0 Å². The van der Waals surface area contributed by atoms with Crippen molar-refractivity contribution in [1.82, 2.24) is 0 Å². The number of hydrogen-bond acceptors (Lipinski definition) is 3. The zero-order valence-corrected chi connectivity index (χ0v) is 10.3. The van der Waals surface area contributed by atoms with Gasteiger partial charge in [-0.1, -0.05) is 0 Å². The second kappa shape index (κ2) is 4.66. The minimum atomic E-state index is -0.728. The van der Waals surface area contributed by atoms with Crippen LogP contribution in [0.15, 0.2) is 24.3 Å². The molecular formula is C13H19NO2. The molecule has 1 N–H and O–H groups in total. The van der Waals surface area contributed by atoms with E-state index in [2.05, 4.69) is 0 Å². The third kappa shape index (κ3) is 3.66. The van der Waals surface area contributed by atoms with E-state index in [9.17, 15) is 9.90 Å². The fourth-order valence-corrected chi connectivity index (χ4v) is 1.62. The van der Waals surface area contributed by atoms with Crippen molar-refractivity contribution in [2.45, 2.75) is 26.4 Å². The molecule has 0 spiro atoms. The average molecular weight is 221 g/mol. The van der Waals surface area contributed by atoms with Crippen LogP contribution in [0.25, 0.3) is 0 Å². The van der Waals surface area contributed by atoms with Crippen LogP contribution in [0.4, 0.5) is 5.69 Å². The van der Waals surface area contributed by atoms with Crippen molar-refractivity contribution < 1.29 is 9.90 Å². The van der Waals surface area contributed by atoms with Gasteiger partial charge >= 0.3 is 0 Å². The Kier molecular flexibility index (Phi) is 3.70. The zero-order valence-electron chi connectivity index (χ0n) is 10.3. The Balaban J connectivity index is 2.78. The van der Waals surface area contributed by atoms with E-state index in [-0.39, 0.29) is 5.78 Å². The molecule has 0 atom stereocenters. The van der Waals surface area contributed by atoms with Crippen LogP contribution in [0.5, 0.6) is 0 Å². The lowest BCUT2D eigenvalue weighted by Crippen LogP contribution is -2.36. The van der Waals surface area contributed by atoms with Crippen LogP contribution in [0.1, 0.15) is 31.1 Å². The minimum Gasteiger partial charge on any atom is -0.389 e. The first-order valence-corrected chi connectivity index (χ1v) is 5.34. The van der Waals surface area contributed by atoms with Crippen LogP contribution in [0.3, 0.4) is 0 Å². The molecule has 0 radical (unpaired) electrons. The summed E-state index contributed by atoms with van der Waals surface area (Å²) in [7, 11) is 1.92. The van der Waals surface area contributed by atoms with Crippen molar-refractivity contribution in [2.75, 3.05) is 18.5 Å². The molecule has 0 amide bonds. The van der Waals surface area contributed by atoms with Crippen molar-refractivity contribution in [1.29, 1.82) is 0 Å². The summed E-state index contributed by atoms with van der Waals surface area (Å²) < 4.78 is 0. The summed E-state index contributed by atoms with van der Waals surface area (Å²) in [6.45, 7) is 5.64.